The molecule has 6 nitrogen and oxygen atoms in total. The van der Waals surface area contributed by atoms with E-state index in [1.165, 1.54) is 6.21 Å². The van der Waals surface area contributed by atoms with E-state index in [-0.39, 0.29) is 24.7 Å². The van der Waals surface area contributed by atoms with Crippen molar-refractivity contribution in [2.24, 2.45) is 5.10 Å². The quantitative estimate of drug-likeness (QED) is 0.358. The molecule has 2 N–H and O–H groups in total. The molecule has 0 spiro atoms. The average molecular weight is 466 g/mol. The van der Waals surface area contributed by atoms with Gasteiger partial charge in [0.25, 0.3) is 0 Å². The lowest BCUT2D eigenvalue weighted by molar-refractivity contribution is -0.124. The summed E-state index contributed by atoms with van der Waals surface area (Å²) >= 11 is 3.33. The maximum atomic E-state index is 11.9. The Morgan fingerprint density at radius 2 is 1.57 bits per heavy atom. The molecule has 3 aromatic rings. The van der Waals surface area contributed by atoms with Gasteiger partial charge in [-0.2, -0.15) is 5.10 Å². The lowest BCUT2D eigenvalue weighted by Crippen LogP contribution is -2.20. The van der Waals surface area contributed by atoms with Crippen LogP contribution in [0.5, 0.6) is 11.5 Å². The number of para-hydroxylation sites is 1. The second kappa shape index (κ2) is 10.9. The van der Waals surface area contributed by atoms with Gasteiger partial charge in [-0.25, -0.2) is 5.43 Å². The lowest BCUT2D eigenvalue weighted by atomic mass is 10.2. The Hall–Kier alpha value is -3.45. The predicted molar refractivity (Wildman–Crippen MR) is 121 cm³/mol. The Labute approximate surface area is 183 Å². The van der Waals surface area contributed by atoms with Crippen LogP contribution in [0.1, 0.15) is 18.4 Å². The van der Waals surface area contributed by atoms with E-state index in [0.29, 0.717) is 11.4 Å². The molecule has 0 aliphatic rings. The number of nitrogens with one attached hydrogen (secondary N) is 2. The van der Waals surface area contributed by atoms with Crippen LogP contribution in [0.4, 0.5) is 5.69 Å². The number of ether oxygens (including phenoxy) is 1. The number of amides is 2. The third-order valence-corrected chi connectivity index (χ3v) is 4.48. The van der Waals surface area contributed by atoms with Crippen LogP contribution in [-0.2, 0) is 9.59 Å². The van der Waals surface area contributed by atoms with E-state index >= 15 is 0 Å². The van der Waals surface area contributed by atoms with E-state index in [1.54, 1.807) is 12.1 Å². The van der Waals surface area contributed by atoms with Crippen molar-refractivity contribution in [1.29, 1.82) is 0 Å². The first-order valence-electron chi connectivity index (χ1n) is 9.29. The molecule has 0 aliphatic carbocycles. The molecule has 0 aromatic heterocycles. The topological polar surface area (TPSA) is 79.8 Å². The number of carbonyl (C=O) groups excluding carboxylic acids is 2. The van der Waals surface area contributed by atoms with Crippen molar-refractivity contribution in [1.82, 2.24) is 5.43 Å². The number of hydrogen-bond donors (Lipinski definition) is 2. The summed E-state index contributed by atoms with van der Waals surface area (Å²) in [6, 6.07) is 24.0. The van der Waals surface area contributed by atoms with Gasteiger partial charge in [-0.05, 0) is 54.1 Å². The Morgan fingerprint density at radius 3 is 2.33 bits per heavy atom. The fourth-order valence-electron chi connectivity index (χ4n) is 2.50. The van der Waals surface area contributed by atoms with Crippen molar-refractivity contribution in [3.8, 4) is 11.5 Å². The second-order valence-electron chi connectivity index (χ2n) is 6.34. The number of rotatable bonds is 8. The van der Waals surface area contributed by atoms with Gasteiger partial charge in [-0.1, -0.05) is 46.3 Å². The molecule has 0 bridgehead atoms. The van der Waals surface area contributed by atoms with Gasteiger partial charge in [0.2, 0.25) is 11.8 Å². The molecule has 2 amide bonds. The van der Waals surface area contributed by atoms with Crippen molar-refractivity contribution < 1.29 is 14.3 Å². The SMILES string of the molecule is O=C(CCC(=O)Nc1ccc(Br)cc1)NN=Cc1cccc(Oc2ccccc2)c1. The molecule has 0 fully saturated rings. The Balaban J connectivity index is 1.43. The zero-order valence-corrected chi connectivity index (χ0v) is 17.6. The number of benzene rings is 3. The molecule has 7 heteroatoms. The number of nitrogens with zero attached hydrogens (tertiary/aromatic N) is 1. The van der Waals surface area contributed by atoms with E-state index < -0.39 is 0 Å². The number of hydrazone groups is 1. The van der Waals surface area contributed by atoms with E-state index in [1.807, 2.05) is 66.7 Å². The van der Waals surface area contributed by atoms with E-state index in [0.717, 1.165) is 15.8 Å². The van der Waals surface area contributed by atoms with Crippen LogP contribution in [0.15, 0.2) is 88.4 Å². The van der Waals surface area contributed by atoms with Crippen molar-refractivity contribution >= 4 is 39.6 Å². The molecule has 0 saturated carbocycles. The predicted octanol–water partition coefficient (Wildman–Crippen LogP) is 5.11. The van der Waals surface area contributed by atoms with E-state index in [2.05, 4.69) is 31.8 Å². The van der Waals surface area contributed by atoms with Gasteiger partial charge >= 0.3 is 0 Å². The summed E-state index contributed by atoms with van der Waals surface area (Å²) in [6.07, 6.45) is 1.63. The van der Waals surface area contributed by atoms with Gasteiger partial charge in [-0.15, -0.1) is 0 Å². The highest BCUT2D eigenvalue weighted by Crippen LogP contribution is 2.21. The number of halogens is 1. The lowest BCUT2D eigenvalue weighted by Gasteiger charge is -2.06. The standard InChI is InChI=1S/C23H20BrN3O3/c24-18-9-11-19(12-10-18)26-22(28)13-14-23(29)27-25-16-17-5-4-8-21(15-17)30-20-6-2-1-3-7-20/h1-12,15-16H,13-14H2,(H,26,28)(H,27,29). The molecule has 0 unspecified atom stereocenters. The van der Waals surface area contributed by atoms with Crippen LogP contribution < -0.4 is 15.5 Å². The fourth-order valence-corrected chi connectivity index (χ4v) is 2.77. The number of carbonyl (C=O) groups is 2. The van der Waals surface area contributed by atoms with Crippen molar-refractivity contribution in [3.63, 3.8) is 0 Å². The molecule has 0 saturated heterocycles. The monoisotopic (exact) mass is 465 g/mol. The zero-order valence-electron chi connectivity index (χ0n) is 16.0. The molecule has 0 heterocycles. The molecule has 30 heavy (non-hydrogen) atoms. The number of anilines is 1. The smallest absolute Gasteiger partial charge is 0.240 e. The molecular formula is C23H20BrN3O3. The van der Waals surface area contributed by atoms with Gasteiger partial charge in [-0.3, -0.25) is 9.59 Å². The third kappa shape index (κ3) is 7.18. The van der Waals surface area contributed by atoms with Gasteiger partial charge in [0.05, 0.1) is 6.21 Å². The summed E-state index contributed by atoms with van der Waals surface area (Å²) < 4.78 is 6.70. The van der Waals surface area contributed by atoms with Crippen LogP contribution >= 0.6 is 15.9 Å². The van der Waals surface area contributed by atoms with Crippen LogP contribution in [0.25, 0.3) is 0 Å². The number of hydrogen-bond acceptors (Lipinski definition) is 4. The second-order valence-corrected chi connectivity index (χ2v) is 7.25. The summed E-state index contributed by atoms with van der Waals surface area (Å²) in [5.41, 5.74) is 3.89. The van der Waals surface area contributed by atoms with Crippen LogP contribution in [0.2, 0.25) is 0 Å². The highest BCUT2D eigenvalue weighted by Gasteiger charge is 2.07. The van der Waals surface area contributed by atoms with Crippen LogP contribution in [0, 0.1) is 0 Å². The van der Waals surface area contributed by atoms with Crippen LogP contribution in [0.3, 0.4) is 0 Å². The first-order chi connectivity index (χ1) is 14.6. The normalized spacial score (nSPS) is 10.6. The first-order valence-corrected chi connectivity index (χ1v) is 10.1. The van der Waals surface area contributed by atoms with Gasteiger partial charge in [0, 0.05) is 23.0 Å². The van der Waals surface area contributed by atoms with Crippen molar-refractivity contribution in [3.05, 3.63) is 88.9 Å². The highest BCUT2D eigenvalue weighted by molar-refractivity contribution is 9.10. The molecule has 3 rings (SSSR count). The molecule has 0 aliphatic heterocycles. The molecule has 152 valence electrons. The third-order valence-electron chi connectivity index (χ3n) is 3.95. The maximum absolute atomic E-state index is 11.9. The van der Waals surface area contributed by atoms with Gasteiger partial charge < -0.3 is 10.1 Å². The Morgan fingerprint density at radius 1 is 0.867 bits per heavy atom. The van der Waals surface area contributed by atoms with Crippen LogP contribution in [-0.4, -0.2) is 18.0 Å². The van der Waals surface area contributed by atoms with Crippen molar-refractivity contribution in [2.75, 3.05) is 5.32 Å². The summed E-state index contributed by atoms with van der Waals surface area (Å²) in [7, 11) is 0. The molecule has 0 atom stereocenters. The van der Waals surface area contributed by atoms with Gasteiger partial charge in [0.1, 0.15) is 11.5 Å². The summed E-state index contributed by atoms with van der Waals surface area (Å²) in [5.74, 6) is 0.832. The van der Waals surface area contributed by atoms with E-state index in [9.17, 15) is 9.59 Å². The minimum atomic E-state index is -0.339. The molecular weight excluding hydrogens is 446 g/mol. The maximum Gasteiger partial charge on any atom is 0.240 e. The fraction of sp³-hybridized carbons (Fsp3) is 0.0870. The molecule has 3 aromatic carbocycles. The Bertz CT molecular complexity index is 1020. The molecule has 0 radical (unpaired) electrons. The highest BCUT2D eigenvalue weighted by atomic mass is 79.9. The minimum Gasteiger partial charge on any atom is -0.457 e. The average Bonchev–Trinajstić information content (AvgIpc) is 2.75. The largest absolute Gasteiger partial charge is 0.457 e. The minimum absolute atomic E-state index is 0.0386. The summed E-state index contributed by atoms with van der Waals surface area (Å²) in [4.78, 5) is 23.8. The van der Waals surface area contributed by atoms with Gasteiger partial charge in [0.15, 0.2) is 0 Å². The first kappa shape index (κ1) is 21.3. The van der Waals surface area contributed by atoms with E-state index in [4.69, 9.17) is 4.74 Å². The van der Waals surface area contributed by atoms with Crippen molar-refractivity contribution in [2.45, 2.75) is 12.8 Å². The summed E-state index contributed by atoms with van der Waals surface area (Å²) in [5, 5.41) is 6.68. The Kier molecular flexibility index (Phi) is 7.74. The summed E-state index contributed by atoms with van der Waals surface area (Å²) in [6.45, 7) is 0. The zero-order chi connectivity index (χ0) is 21.2.